The minimum Gasteiger partial charge on any atom is -0.208 e. The highest BCUT2D eigenvalue weighted by Gasteiger charge is 2.19. The van der Waals surface area contributed by atoms with E-state index in [0.717, 1.165) is 33.0 Å². The Hall–Kier alpha value is -7.23. The second-order valence-electron chi connectivity index (χ2n) is 13.6. The van der Waals surface area contributed by atoms with E-state index in [1.165, 1.54) is 49.4 Å². The van der Waals surface area contributed by atoms with Crippen LogP contribution >= 0.6 is 0 Å². The molecule has 252 valence electrons. The zero-order valence-electron chi connectivity index (χ0n) is 29.4. The Morgan fingerprint density at radius 3 is 1.30 bits per heavy atom. The summed E-state index contributed by atoms with van der Waals surface area (Å²) in [6, 6.07) is 70.6. The van der Waals surface area contributed by atoms with Crippen molar-refractivity contribution in [3.8, 4) is 67.5 Å². The van der Waals surface area contributed by atoms with E-state index in [1.54, 1.807) is 0 Å². The first-order chi connectivity index (χ1) is 26.8. The van der Waals surface area contributed by atoms with Crippen molar-refractivity contribution in [2.75, 3.05) is 0 Å². The van der Waals surface area contributed by atoms with E-state index < -0.39 is 0 Å². The van der Waals surface area contributed by atoms with Gasteiger partial charge in [-0.15, -0.1) is 0 Å². The average molecular weight is 688 g/mol. The minimum absolute atomic E-state index is 0.636. The van der Waals surface area contributed by atoms with Crippen LogP contribution in [0.25, 0.3) is 99.9 Å². The highest BCUT2D eigenvalue weighted by molar-refractivity contribution is 6.21. The molecule has 0 unspecified atom stereocenters. The summed E-state index contributed by atoms with van der Waals surface area (Å²) in [4.78, 5) is 15.3. The third-order valence-corrected chi connectivity index (χ3v) is 10.3. The first kappa shape index (κ1) is 31.5. The molecule has 0 N–H and O–H groups in total. The van der Waals surface area contributed by atoms with Crippen LogP contribution in [0.4, 0.5) is 0 Å². The third-order valence-electron chi connectivity index (χ3n) is 10.3. The van der Waals surface area contributed by atoms with Gasteiger partial charge in [0.1, 0.15) is 0 Å². The third kappa shape index (κ3) is 5.60. The van der Waals surface area contributed by atoms with Gasteiger partial charge in [0.15, 0.2) is 17.5 Å². The van der Waals surface area contributed by atoms with Gasteiger partial charge >= 0.3 is 0 Å². The van der Waals surface area contributed by atoms with Gasteiger partial charge in [-0.1, -0.05) is 194 Å². The SMILES string of the molecule is c1ccc(-c2ccc(-c3c4ccccc4c(-c4cccc(-c5nc(-c6ccccc6)nc(-c6cccc7ccccc67)n5)c4)c4ccccc34)cc2)cc1. The van der Waals surface area contributed by atoms with Crippen LogP contribution in [0.5, 0.6) is 0 Å². The summed E-state index contributed by atoms with van der Waals surface area (Å²) in [6.45, 7) is 0. The van der Waals surface area contributed by atoms with Gasteiger partial charge in [0.05, 0.1) is 0 Å². The normalized spacial score (nSPS) is 11.3. The van der Waals surface area contributed by atoms with Gasteiger partial charge < -0.3 is 0 Å². The van der Waals surface area contributed by atoms with Gasteiger partial charge in [-0.05, 0) is 71.8 Å². The maximum Gasteiger partial charge on any atom is 0.164 e. The van der Waals surface area contributed by atoms with E-state index in [9.17, 15) is 0 Å². The summed E-state index contributed by atoms with van der Waals surface area (Å²) in [5, 5.41) is 7.09. The van der Waals surface area contributed by atoms with E-state index in [1.807, 2.05) is 18.2 Å². The van der Waals surface area contributed by atoms with Crippen LogP contribution in [0.3, 0.4) is 0 Å². The van der Waals surface area contributed by atoms with E-state index in [4.69, 9.17) is 15.0 Å². The molecule has 0 aliphatic carbocycles. The van der Waals surface area contributed by atoms with Gasteiger partial charge in [-0.25, -0.2) is 15.0 Å². The molecule has 10 rings (SSSR count). The highest BCUT2D eigenvalue weighted by Crippen LogP contribution is 2.44. The monoisotopic (exact) mass is 687 g/mol. The van der Waals surface area contributed by atoms with Gasteiger partial charge in [0.25, 0.3) is 0 Å². The summed E-state index contributed by atoms with van der Waals surface area (Å²) in [5.41, 5.74) is 10.0. The fourth-order valence-electron chi connectivity index (χ4n) is 7.79. The van der Waals surface area contributed by atoms with Gasteiger partial charge in [0, 0.05) is 16.7 Å². The molecule has 0 fully saturated rings. The molecule has 1 aromatic heterocycles. The predicted molar refractivity (Wildman–Crippen MR) is 225 cm³/mol. The van der Waals surface area contributed by atoms with Crippen molar-refractivity contribution in [2.45, 2.75) is 0 Å². The zero-order valence-corrected chi connectivity index (χ0v) is 29.4. The molecule has 3 heteroatoms. The van der Waals surface area contributed by atoms with E-state index in [0.29, 0.717) is 17.5 Å². The predicted octanol–water partition coefficient (Wildman–Crippen LogP) is 13.3. The Morgan fingerprint density at radius 2 is 0.648 bits per heavy atom. The molecule has 0 bridgehead atoms. The van der Waals surface area contributed by atoms with Crippen molar-refractivity contribution in [1.29, 1.82) is 0 Å². The number of hydrogen-bond donors (Lipinski definition) is 0. The molecule has 0 radical (unpaired) electrons. The Bertz CT molecular complexity index is 2910. The molecule has 0 atom stereocenters. The number of fused-ring (bicyclic) bond motifs is 3. The lowest BCUT2D eigenvalue weighted by Crippen LogP contribution is -2.00. The molecule has 0 aliphatic rings. The lowest BCUT2D eigenvalue weighted by molar-refractivity contribution is 1.08. The van der Waals surface area contributed by atoms with Crippen molar-refractivity contribution in [1.82, 2.24) is 15.0 Å². The van der Waals surface area contributed by atoms with Crippen molar-refractivity contribution in [3.05, 3.63) is 200 Å². The lowest BCUT2D eigenvalue weighted by Gasteiger charge is -2.18. The summed E-state index contributed by atoms with van der Waals surface area (Å²) in [7, 11) is 0. The lowest BCUT2D eigenvalue weighted by atomic mass is 9.85. The second-order valence-corrected chi connectivity index (χ2v) is 13.6. The number of nitrogens with zero attached hydrogens (tertiary/aromatic N) is 3. The van der Waals surface area contributed by atoms with Crippen LogP contribution in [0.2, 0.25) is 0 Å². The molecule has 10 aromatic rings. The maximum atomic E-state index is 5.17. The molecular formula is C51H33N3. The maximum absolute atomic E-state index is 5.17. The zero-order chi connectivity index (χ0) is 35.8. The number of rotatable bonds is 6. The van der Waals surface area contributed by atoms with Crippen LogP contribution in [0.1, 0.15) is 0 Å². The van der Waals surface area contributed by atoms with E-state index >= 15 is 0 Å². The first-order valence-electron chi connectivity index (χ1n) is 18.3. The molecule has 54 heavy (non-hydrogen) atoms. The molecule has 0 aliphatic heterocycles. The topological polar surface area (TPSA) is 38.7 Å². The Morgan fingerprint density at radius 1 is 0.241 bits per heavy atom. The molecular weight excluding hydrogens is 655 g/mol. The summed E-state index contributed by atoms with van der Waals surface area (Å²) >= 11 is 0. The fraction of sp³-hybridized carbons (Fsp3) is 0. The Balaban J connectivity index is 1.16. The Kier molecular flexibility index (Phi) is 7.81. The van der Waals surface area contributed by atoms with Crippen molar-refractivity contribution < 1.29 is 0 Å². The van der Waals surface area contributed by atoms with Gasteiger partial charge in [-0.3, -0.25) is 0 Å². The number of benzene rings is 9. The van der Waals surface area contributed by atoms with Crippen LogP contribution in [-0.4, -0.2) is 15.0 Å². The summed E-state index contributed by atoms with van der Waals surface area (Å²) in [6.07, 6.45) is 0. The first-order valence-corrected chi connectivity index (χ1v) is 18.3. The van der Waals surface area contributed by atoms with E-state index in [2.05, 4.69) is 182 Å². The summed E-state index contributed by atoms with van der Waals surface area (Å²) in [5.74, 6) is 1.93. The fourth-order valence-corrected chi connectivity index (χ4v) is 7.79. The smallest absolute Gasteiger partial charge is 0.164 e. The van der Waals surface area contributed by atoms with Gasteiger partial charge in [0.2, 0.25) is 0 Å². The van der Waals surface area contributed by atoms with Crippen molar-refractivity contribution >= 4 is 32.3 Å². The van der Waals surface area contributed by atoms with Crippen LogP contribution in [0.15, 0.2) is 200 Å². The quantitative estimate of drug-likeness (QED) is 0.163. The van der Waals surface area contributed by atoms with Crippen LogP contribution < -0.4 is 0 Å². The molecule has 0 saturated carbocycles. The molecule has 1 heterocycles. The second kappa shape index (κ2) is 13.4. The van der Waals surface area contributed by atoms with Crippen LogP contribution in [-0.2, 0) is 0 Å². The summed E-state index contributed by atoms with van der Waals surface area (Å²) < 4.78 is 0. The molecule has 0 saturated heterocycles. The molecule has 0 amide bonds. The standard InChI is InChI=1S/C51H33N3/c1-3-15-34(16-4-1)35-29-31-37(32-30-35)47-42-24-9-11-26-44(42)48(45-27-12-10-25-43(45)47)39-21-13-22-40(33-39)50-52-49(38-18-5-2-6-19-38)53-51(54-50)46-28-14-20-36-17-7-8-23-41(36)46/h1-33H. The molecule has 0 spiro atoms. The van der Waals surface area contributed by atoms with Crippen LogP contribution in [0, 0.1) is 0 Å². The highest BCUT2D eigenvalue weighted by atomic mass is 15.0. The van der Waals surface area contributed by atoms with E-state index in [-0.39, 0.29) is 0 Å². The minimum atomic E-state index is 0.636. The molecule has 3 nitrogen and oxygen atoms in total. The number of aromatic nitrogens is 3. The van der Waals surface area contributed by atoms with Crippen molar-refractivity contribution in [2.24, 2.45) is 0 Å². The Labute approximate surface area is 313 Å². The average Bonchev–Trinajstić information content (AvgIpc) is 3.26. The number of hydrogen-bond acceptors (Lipinski definition) is 3. The molecule has 9 aromatic carbocycles. The largest absolute Gasteiger partial charge is 0.208 e. The van der Waals surface area contributed by atoms with Crippen molar-refractivity contribution in [3.63, 3.8) is 0 Å². The van der Waals surface area contributed by atoms with Gasteiger partial charge in [-0.2, -0.15) is 0 Å².